The molecule has 0 aliphatic rings. The third kappa shape index (κ3) is 23.2. The van der Waals surface area contributed by atoms with E-state index in [1.807, 2.05) is 0 Å². The van der Waals surface area contributed by atoms with E-state index in [4.69, 9.17) is 0 Å². The van der Waals surface area contributed by atoms with Gasteiger partial charge in [0.1, 0.15) is 0 Å². The first-order valence-electron chi connectivity index (χ1n) is 12.1. The normalized spacial score (nSPS) is 11.1. The fraction of sp³-hybridized carbons (Fsp3) is 1.00. The highest BCUT2D eigenvalue weighted by molar-refractivity contribution is 14.0. The SMILES string of the molecule is CCCCCCCCP(CCCCCCCC)CCCCCCCC.I. The third-order valence-corrected chi connectivity index (χ3v) is 8.33. The van der Waals surface area contributed by atoms with Crippen molar-refractivity contribution < 1.29 is 0 Å². The molecule has 160 valence electrons. The summed E-state index contributed by atoms with van der Waals surface area (Å²) in [6, 6.07) is 0. The van der Waals surface area contributed by atoms with E-state index in [1.54, 1.807) is 18.5 Å². The lowest BCUT2D eigenvalue weighted by Gasteiger charge is -2.18. The molecular formula is C24H52IP. The molecule has 0 saturated heterocycles. The quantitative estimate of drug-likeness (QED) is 0.0839. The molecule has 0 heterocycles. The van der Waals surface area contributed by atoms with Gasteiger partial charge in [-0.15, -0.1) is 31.9 Å². The summed E-state index contributed by atoms with van der Waals surface area (Å²) in [5.41, 5.74) is 0. The summed E-state index contributed by atoms with van der Waals surface area (Å²) in [5.74, 6) is 0. The monoisotopic (exact) mass is 498 g/mol. The minimum Gasteiger partial charge on any atom is -0.107 e. The van der Waals surface area contributed by atoms with Gasteiger partial charge in [0.2, 0.25) is 0 Å². The largest absolute Gasteiger partial charge is 0.107 e. The fourth-order valence-corrected chi connectivity index (χ4v) is 6.37. The second kappa shape index (κ2) is 26.2. The van der Waals surface area contributed by atoms with Crippen LogP contribution in [0.1, 0.15) is 136 Å². The van der Waals surface area contributed by atoms with E-state index in [0.717, 1.165) is 0 Å². The average Bonchev–Trinajstić information content (AvgIpc) is 2.63. The molecule has 0 radical (unpaired) electrons. The van der Waals surface area contributed by atoms with Gasteiger partial charge in [0.15, 0.2) is 0 Å². The molecule has 0 aliphatic carbocycles. The summed E-state index contributed by atoms with van der Waals surface area (Å²) in [6.07, 6.45) is 31.2. The molecular weight excluding hydrogens is 446 g/mol. The van der Waals surface area contributed by atoms with Crippen molar-refractivity contribution >= 4 is 31.9 Å². The number of unbranched alkanes of at least 4 members (excludes halogenated alkanes) is 15. The highest BCUT2D eigenvalue weighted by Gasteiger charge is 2.07. The maximum atomic E-state index is 2.32. The molecule has 0 N–H and O–H groups in total. The first-order chi connectivity index (χ1) is 12.3. The van der Waals surface area contributed by atoms with Crippen LogP contribution >= 0.6 is 31.9 Å². The molecule has 0 aromatic rings. The van der Waals surface area contributed by atoms with E-state index in [0.29, 0.717) is 7.92 Å². The smallest absolute Gasteiger partial charge is 0.0326 e. The Balaban J connectivity index is 0. The Morgan fingerprint density at radius 2 is 0.577 bits per heavy atom. The summed E-state index contributed by atoms with van der Waals surface area (Å²) in [6.45, 7) is 6.96. The van der Waals surface area contributed by atoms with Gasteiger partial charge in [-0.1, -0.05) is 117 Å². The molecule has 0 bridgehead atoms. The molecule has 26 heavy (non-hydrogen) atoms. The van der Waals surface area contributed by atoms with Gasteiger partial charge in [-0.25, -0.2) is 0 Å². The molecule has 0 fully saturated rings. The summed E-state index contributed by atoms with van der Waals surface area (Å²) < 4.78 is 0. The summed E-state index contributed by atoms with van der Waals surface area (Å²) in [4.78, 5) is 0. The van der Waals surface area contributed by atoms with Crippen molar-refractivity contribution in [3.8, 4) is 0 Å². The number of rotatable bonds is 21. The highest BCUT2D eigenvalue weighted by Crippen LogP contribution is 2.39. The van der Waals surface area contributed by atoms with E-state index in [9.17, 15) is 0 Å². The van der Waals surface area contributed by atoms with Crippen molar-refractivity contribution in [2.45, 2.75) is 136 Å². The summed E-state index contributed by atoms with van der Waals surface area (Å²) in [7, 11) is 0.366. The van der Waals surface area contributed by atoms with Gasteiger partial charge < -0.3 is 0 Å². The maximum absolute atomic E-state index is 2.32. The number of hydrogen-bond donors (Lipinski definition) is 0. The van der Waals surface area contributed by atoms with Crippen molar-refractivity contribution in [2.75, 3.05) is 18.5 Å². The van der Waals surface area contributed by atoms with Crippen molar-refractivity contribution in [1.82, 2.24) is 0 Å². The first kappa shape index (κ1) is 29.4. The predicted octanol–water partition coefficient (Wildman–Crippen LogP) is 10.2. The first-order valence-corrected chi connectivity index (χ1v) is 14.0. The minimum atomic E-state index is 0. The molecule has 0 unspecified atom stereocenters. The molecule has 0 amide bonds. The van der Waals surface area contributed by atoms with Gasteiger partial charge >= 0.3 is 0 Å². The lowest BCUT2D eigenvalue weighted by atomic mass is 10.1. The van der Waals surface area contributed by atoms with Crippen LogP contribution in [0, 0.1) is 0 Å². The van der Waals surface area contributed by atoms with Gasteiger partial charge in [0.05, 0.1) is 0 Å². The molecule has 0 aromatic carbocycles. The fourth-order valence-electron chi connectivity index (χ4n) is 3.68. The van der Waals surface area contributed by atoms with Crippen LogP contribution in [0.15, 0.2) is 0 Å². The van der Waals surface area contributed by atoms with Crippen LogP contribution in [0.5, 0.6) is 0 Å². The molecule has 0 aliphatic heterocycles. The molecule has 0 spiro atoms. The zero-order valence-electron chi connectivity index (χ0n) is 18.7. The summed E-state index contributed by atoms with van der Waals surface area (Å²) >= 11 is 0. The Kier molecular flexibility index (Phi) is 29.5. The molecule has 0 nitrogen and oxygen atoms in total. The van der Waals surface area contributed by atoms with E-state index in [-0.39, 0.29) is 24.0 Å². The topological polar surface area (TPSA) is 0 Å². The zero-order chi connectivity index (χ0) is 18.4. The van der Waals surface area contributed by atoms with Crippen molar-refractivity contribution in [3.63, 3.8) is 0 Å². The molecule has 2 heteroatoms. The Labute approximate surface area is 186 Å². The van der Waals surface area contributed by atoms with Crippen LogP contribution in [0.4, 0.5) is 0 Å². The van der Waals surface area contributed by atoms with Crippen LogP contribution in [0.3, 0.4) is 0 Å². The zero-order valence-corrected chi connectivity index (χ0v) is 21.9. The van der Waals surface area contributed by atoms with Crippen LogP contribution in [-0.2, 0) is 0 Å². The van der Waals surface area contributed by atoms with Gasteiger partial charge in [0.25, 0.3) is 0 Å². The number of hydrogen-bond acceptors (Lipinski definition) is 0. The molecule has 0 aromatic heterocycles. The molecule has 0 saturated carbocycles. The number of halogens is 1. The van der Waals surface area contributed by atoms with Crippen molar-refractivity contribution in [1.29, 1.82) is 0 Å². The van der Waals surface area contributed by atoms with E-state index < -0.39 is 0 Å². The van der Waals surface area contributed by atoms with Gasteiger partial charge in [-0.2, -0.15) is 0 Å². The van der Waals surface area contributed by atoms with Crippen LogP contribution < -0.4 is 0 Å². The Hall–Kier alpha value is 1.16. The Morgan fingerprint density at radius 3 is 0.846 bits per heavy atom. The predicted molar refractivity (Wildman–Crippen MR) is 137 cm³/mol. The van der Waals surface area contributed by atoms with Gasteiger partial charge in [0, 0.05) is 0 Å². The standard InChI is InChI=1S/C24H51P.HI/c1-4-7-10-13-16-19-22-25(23-20-17-14-11-8-5-2)24-21-18-15-12-9-6-3;/h4-24H2,1-3H3;1H. The van der Waals surface area contributed by atoms with Crippen LogP contribution in [-0.4, -0.2) is 18.5 Å². The van der Waals surface area contributed by atoms with Crippen LogP contribution in [0.2, 0.25) is 0 Å². The van der Waals surface area contributed by atoms with Gasteiger partial charge in [-0.3, -0.25) is 0 Å². The molecule has 0 rings (SSSR count). The van der Waals surface area contributed by atoms with E-state index in [2.05, 4.69) is 20.8 Å². The lowest BCUT2D eigenvalue weighted by molar-refractivity contribution is 0.617. The summed E-state index contributed by atoms with van der Waals surface area (Å²) in [5, 5.41) is 0. The van der Waals surface area contributed by atoms with Crippen molar-refractivity contribution in [2.24, 2.45) is 0 Å². The van der Waals surface area contributed by atoms with E-state index >= 15 is 0 Å². The van der Waals surface area contributed by atoms with Crippen LogP contribution in [0.25, 0.3) is 0 Å². The molecule has 0 atom stereocenters. The second-order valence-corrected chi connectivity index (χ2v) is 10.8. The maximum Gasteiger partial charge on any atom is -0.0326 e. The Bertz CT molecular complexity index is 194. The van der Waals surface area contributed by atoms with Crippen molar-refractivity contribution in [3.05, 3.63) is 0 Å². The second-order valence-electron chi connectivity index (χ2n) is 8.14. The minimum absolute atomic E-state index is 0. The Morgan fingerprint density at radius 1 is 0.346 bits per heavy atom. The van der Waals surface area contributed by atoms with E-state index in [1.165, 1.54) is 116 Å². The third-order valence-electron chi connectivity index (χ3n) is 5.48. The average molecular weight is 499 g/mol. The van der Waals surface area contributed by atoms with Gasteiger partial charge in [-0.05, 0) is 37.7 Å². The highest BCUT2D eigenvalue weighted by atomic mass is 127. The lowest BCUT2D eigenvalue weighted by Crippen LogP contribution is -1.97.